The van der Waals surface area contributed by atoms with Gasteiger partial charge in [-0.3, -0.25) is 9.12 Å². The molecule has 2 rings (SSSR count). The number of aryl methyl sites for hydroxylation is 2. The summed E-state index contributed by atoms with van der Waals surface area (Å²) in [7, 11) is -9.73. The Hall–Kier alpha value is -1.70. The lowest BCUT2D eigenvalue weighted by Gasteiger charge is -2.15. The van der Waals surface area contributed by atoms with Crippen LogP contribution in [0.2, 0.25) is 0 Å². The fourth-order valence-electron chi connectivity index (χ4n) is 2.49. The van der Waals surface area contributed by atoms with Crippen molar-refractivity contribution in [3.63, 3.8) is 0 Å². The molecule has 26 heavy (non-hydrogen) atoms. The van der Waals surface area contributed by atoms with Crippen molar-refractivity contribution >= 4 is 17.7 Å². The number of para-hydroxylation sites is 1. The van der Waals surface area contributed by atoms with Crippen molar-refractivity contribution in [1.82, 2.24) is 0 Å². The Labute approximate surface area is 152 Å². The molecule has 0 fully saturated rings. The molecule has 0 aliphatic carbocycles. The third-order valence-electron chi connectivity index (χ3n) is 3.88. The van der Waals surface area contributed by atoms with Crippen LogP contribution in [0.1, 0.15) is 24.0 Å². The summed E-state index contributed by atoms with van der Waals surface area (Å²) in [6.07, 6.45) is 0.287. The van der Waals surface area contributed by atoms with E-state index >= 15 is 0 Å². The number of hydrogen-bond acceptors (Lipinski definition) is 4. The lowest BCUT2D eigenvalue weighted by Crippen LogP contribution is -2.20. The fourth-order valence-corrected chi connectivity index (χ4v) is 4.87. The molecule has 0 spiro atoms. The highest BCUT2D eigenvalue weighted by molar-refractivity contribution is 7.93. The minimum absolute atomic E-state index is 0.202. The lowest BCUT2D eigenvalue weighted by atomic mass is 10.1. The quantitative estimate of drug-likeness (QED) is 0.458. The molecule has 142 valence electrons. The summed E-state index contributed by atoms with van der Waals surface area (Å²) in [4.78, 5) is 16.0. The second-order valence-corrected chi connectivity index (χ2v) is 9.71. The van der Waals surface area contributed by atoms with Gasteiger partial charge in [-0.05, 0) is 55.5 Å². The first-order valence-corrected chi connectivity index (χ1v) is 11.1. The maximum Gasteiger partial charge on any atom is 0.346 e. The van der Waals surface area contributed by atoms with Gasteiger partial charge in [-0.2, -0.15) is 8.42 Å². The van der Waals surface area contributed by atoms with Gasteiger partial charge in [-0.15, -0.1) is 0 Å². The molecule has 0 amide bonds. The van der Waals surface area contributed by atoms with Crippen LogP contribution in [0.15, 0.2) is 48.5 Å². The smallest absolute Gasteiger partial charge is 0.346 e. The third kappa shape index (κ3) is 5.93. The number of rotatable bonds is 8. The van der Waals surface area contributed by atoms with E-state index in [2.05, 4.69) is 0 Å². The minimum Gasteiger partial charge on any atom is -0.457 e. The normalized spacial score (nSPS) is 13.4. The second kappa shape index (κ2) is 8.33. The van der Waals surface area contributed by atoms with E-state index in [0.29, 0.717) is 12.2 Å². The van der Waals surface area contributed by atoms with Crippen molar-refractivity contribution in [2.24, 2.45) is 0 Å². The van der Waals surface area contributed by atoms with Crippen LogP contribution in [0.4, 0.5) is 0 Å². The van der Waals surface area contributed by atoms with Crippen LogP contribution in [0.25, 0.3) is 0 Å². The molecule has 2 aromatic rings. The Kier molecular flexibility index (Phi) is 6.60. The SMILES string of the molecule is Cc1ccccc1Oc1ccc(CCCC(P(=O)(O)O)S(=O)(=O)O)cc1. The molecule has 0 radical (unpaired) electrons. The van der Waals surface area contributed by atoms with Crippen LogP contribution in [-0.4, -0.2) is 27.7 Å². The standard InChI is InChI=1S/C17H21O7PS/c1-13-5-2-3-7-16(13)24-15-11-9-14(10-12-15)6-4-8-17(25(18,19)20)26(21,22)23/h2-3,5,7,9-12,17H,4,6,8H2,1H3,(H2,18,19,20)(H,21,22,23). The topological polar surface area (TPSA) is 121 Å². The molecule has 2 aromatic carbocycles. The van der Waals surface area contributed by atoms with E-state index in [1.54, 1.807) is 24.3 Å². The number of benzene rings is 2. The summed E-state index contributed by atoms with van der Waals surface area (Å²) in [6, 6.07) is 14.7. The molecule has 3 N–H and O–H groups in total. The van der Waals surface area contributed by atoms with Crippen molar-refractivity contribution < 1.29 is 32.1 Å². The first kappa shape index (κ1) is 20.6. The van der Waals surface area contributed by atoms with Gasteiger partial charge in [-0.1, -0.05) is 30.3 Å². The Morgan fingerprint density at radius 1 is 1.08 bits per heavy atom. The molecule has 1 unspecified atom stereocenters. The predicted molar refractivity (Wildman–Crippen MR) is 98.0 cm³/mol. The van der Waals surface area contributed by atoms with E-state index in [1.165, 1.54) is 0 Å². The highest BCUT2D eigenvalue weighted by Crippen LogP contribution is 2.46. The average Bonchev–Trinajstić information content (AvgIpc) is 2.53. The van der Waals surface area contributed by atoms with Crippen LogP contribution in [0.5, 0.6) is 11.5 Å². The molecule has 0 aliphatic rings. The lowest BCUT2D eigenvalue weighted by molar-refractivity contribution is 0.360. The molecular formula is C17H21O7PS. The van der Waals surface area contributed by atoms with Crippen molar-refractivity contribution in [2.45, 2.75) is 31.2 Å². The minimum atomic E-state index is -4.93. The maximum absolute atomic E-state index is 11.2. The monoisotopic (exact) mass is 400 g/mol. The van der Waals surface area contributed by atoms with Crippen LogP contribution < -0.4 is 4.74 Å². The van der Waals surface area contributed by atoms with E-state index in [9.17, 15) is 13.0 Å². The zero-order valence-corrected chi connectivity index (χ0v) is 15.9. The summed E-state index contributed by atoms with van der Waals surface area (Å²) in [5.41, 5.74) is 1.87. The van der Waals surface area contributed by atoms with Crippen LogP contribution in [0, 0.1) is 6.92 Å². The van der Waals surface area contributed by atoms with E-state index in [1.807, 2.05) is 31.2 Å². The van der Waals surface area contributed by atoms with E-state index in [4.69, 9.17) is 19.1 Å². The molecule has 1 atom stereocenters. The van der Waals surface area contributed by atoms with E-state index in [-0.39, 0.29) is 12.8 Å². The largest absolute Gasteiger partial charge is 0.457 e. The van der Waals surface area contributed by atoms with Crippen LogP contribution >= 0.6 is 7.60 Å². The zero-order valence-electron chi connectivity index (χ0n) is 14.1. The first-order chi connectivity index (χ1) is 12.1. The van der Waals surface area contributed by atoms with Crippen molar-refractivity contribution in [2.75, 3.05) is 0 Å². The molecule has 0 saturated heterocycles. The maximum atomic E-state index is 11.2. The molecule has 0 aromatic heterocycles. The highest BCUT2D eigenvalue weighted by Gasteiger charge is 2.38. The van der Waals surface area contributed by atoms with Gasteiger partial charge >= 0.3 is 7.60 Å². The molecule has 0 bridgehead atoms. The molecule has 7 nitrogen and oxygen atoms in total. The van der Waals surface area contributed by atoms with Crippen LogP contribution in [-0.2, 0) is 21.1 Å². The van der Waals surface area contributed by atoms with Gasteiger partial charge in [0.1, 0.15) is 11.5 Å². The Morgan fingerprint density at radius 2 is 1.69 bits per heavy atom. The van der Waals surface area contributed by atoms with Gasteiger partial charge in [0.25, 0.3) is 10.1 Å². The number of ether oxygens (including phenoxy) is 1. The van der Waals surface area contributed by atoms with Crippen molar-refractivity contribution in [3.05, 3.63) is 59.7 Å². The van der Waals surface area contributed by atoms with E-state index < -0.39 is 22.7 Å². The molecule has 0 heterocycles. The number of hydrogen-bond donors (Lipinski definition) is 3. The summed E-state index contributed by atoms with van der Waals surface area (Å²) in [6.45, 7) is 1.94. The molecular weight excluding hydrogens is 379 g/mol. The summed E-state index contributed by atoms with van der Waals surface area (Å²) < 4.78 is 48.2. The van der Waals surface area contributed by atoms with Gasteiger partial charge in [0.05, 0.1) is 0 Å². The Morgan fingerprint density at radius 3 is 2.23 bits per heavy atom. The summed E-state index contributed by atoms with van der Waals surface area (Å²) >= 11 is 0. The molecule has 0 saturated carbocycles. The molecule has 9 heteroatoms. The Balaban J connectivity index is 1.95. The van der Waals surface area contributed by atoms with Gasteiger partial charge in [0.2, 0.25) is 0 Å². The third-order valence-corrected chi connectivity index (χ3v) is 7.44. The Bertz CT molecular complexity index is 888. The highest BCUT2D eigenvalue weighted by atomic mass is 32.2. The van der Waals surface area contributed by atoms with E-state index in [0.717, 1.165) is 16.9 Å². The van der Waals surface area contributed by atoms with Crippen molar-refractivity contribution in [1.29, 1.82) is 0 Å². The first-order valence-electron chi connectivity index (χ1n) is 7.91. The molecule has 0 aliphatic heterocycles. The zero-order chi connectivity index (χ0) is 19.4. The second-order valence-electron chi connectivity index (χ2n) is 5.96. The van der Waals surface area contributed by atoms with Gasteiger partial charge in [-0.25, -0.2) is 0 Å². The fraction of sp³-hybridized carbons (Fsp3) is 0.294. The van der Waals surface area contributed by atoms with Crippen molar-refractivity contribution in [3.8, 4) is 11.5 Å². The van der Waals surface area contributed by atoms with Gasteiger partial charge < -0.3 is 14.5 Å². The summed E-state index contributed by atoms with van der Waals surface area (Å²) in [5.74, 6) is 1.40. The average molecular weight is 400 g/mol. The predicted octanol–water partition coefficient (Wildman–Crippen LogP) is 3.50. The van der Waals surface area contributed by atoms with Gasteiger partial charge in [0.15, 0.2) is 4.99 Å². The van der Waals surface area contributed by atoms with Crippen LogP contribution in [0.3, 0.4) is 0 Å². The summed E-state index contributed by atoms with van der Waals surface area (Å²) in [5, 5.41) is 0. The van der Waals surface area contributed by atoms with Gasteiger partial charge in [0, 0.05) is 0 Å².